The van der Waals surface area contributed by atoms with Gasteiger partial charge in [0.2, 0.25) is 0 Å². The van der Waals surface area contributed by atoms with Gasteiger partial charge in [0.15, 0.2) is 0 Å². The number of benzene rings is 1. The molecule has 0 heterocycles. The van der Waals surface area contributed by atoms with Gasteiger partial charge in [-0.3, -0.25) is 0 Å². The van der Waals surface area contributed by atoms with E-state index in [1.807, 2.05) is 0 Å². The van der Waals surface area contributed by atoms with Crippen LogP contribution in [0.3, 0.4) is 0 Å². The highest BCUT2D eigenvalue weighted by Gasteiger charge is 2.03. The van der Waals surface area contributed by atoms with Crippen molar-refractivity contribution in [3.8, 4) is 12.3 Å². The minimum atomic E-state index is 0.334. The van der Waals surface area contributed by atoms with Crippen molar-refractivity contribution in [2.45, 2.75) is 27.2 Å². The van der Waals surface area contributed by atoms with Crippen LogP contribution in [0, 0.1) is 32.1 Å². The smallest absolute Gasteiger partial charge is 0.0212 e. The molecule has 13 heavy (non-hydrogen) atoms. The van der Waals surface area contributed by atoms with E-state index in [1.54, 1.807) is 0 Å². The van der Waals surface area contributed by atoms with Gasteiger partial charge in [-0.05, 0) is 37.0 Å². The fraction of sp³-hybridized carbons (Fsp3) is 0.385. The van der Waals surface area contributed by atoms with Gasteiger partial charge >= 0.3 is 0 Å². The SMILES string of the molecule is C#CC(C)Cc1cccc(C)c1C. The van der Waals surface area contributed by atoms with Crippen molar-refractivity contribution < 1.29 is 0 Å². The normalized spacial score (nSPS) is 12.2. The summed E-state index contributed by atoms with van der Waals surface area (Å²) in [6.45, 7) is 6.38. The molecule has 0 aliphatic heterocycles. The summed E-state index contributed by atoms with van der Waals surface area (Å²) in [6.07, 6.45) is 6.35. The van der Waals surface area contributed by atoms with E-state index in [9.17, 15) is 0 Å². The Kier molecular flexibility index (Phi) is 3.14. The van der Waals surface area contributed by atoms with Crippen molar-refractivity contribution in [1.82, 2.24) is 0 Å². The summed E-state index contributed by atoms with van der Waals surface area (Å²) in [5.41, 5.74) is 4.11. The maximum atomic E-state index is 5.36. The van der Waals surface area contributed by atoms with Crippen molar-refractivity contribution in [3.05, 3.63) is 34.9 Å². The van der Waals surface area contributed by atoms with Gasteiger partial charge in [0, 0.05) is 5.92 Å². The summed E-state index contributed by atoms with van der Waals surface area (Å²) in [4.78, 5) is 0. The number of rotatable bonds is 2. The van der Waals surface area contributed by atoms with Crippen molar-refractivity contribution in [1.29, 1.82) is 0 Å². The van der Waals surface area contributed by atoms with Crippen LogP contribution in [0.1, 0.15) is 23.6 Å². The van der Waals surface area contributed by atoms with Gasteiger partial charge in [-0.25, -0.2) is 0 Å². The molecule has 0 heteroatoms. The molecule has 0 aromatic heterocycles. The minimum Gasteiger partial charge on any atom is -0.120 e. The van der Waals surface area contributed by atoms with Crippen molar-refractivity contribution in [2.75, 3.05) is 0 Å². The Bertz CT molecular complexity index is 328. The lowest BCUT2D eigenvalue weighted by molar-refractivity contribution is 0.746. The van der Waals surface area contributed by atoms with Gasteiger partial charge in [-0.1, -0.05) is 25.1 Å². The van der Waals surface area contributed by atoms with Crippen LogP contribution in [0.2, 0.25) is 0 Å². The summed E-state index contributed by atoms with van der Waals surface area (Å²) in [5, 5.41) is 0. The molecule has 0 saturated heterocycles. The third-order valence-electron chi connectivity index (χ3n) is 2.53. The standard InChI is InChI=1S/C13H16/c1-5-10(2)9-13-8-6-7-11(3)12(13)4/h1,6-8,10H,9H2,2-4H3. The molecule has 1 aromatic rings. The highest BCUT2D eigenvalue weighted by atomic mass is 14.1. The van der Waals surface area contributed by atoms with Crippen LogP contribution in [-0.2, 0) is 6.42 Å². The number of hydrogen-bond donors (Lipinski definition) is 0. The van der Waals surface area contributed by atoms with E-state index in [0.29, 0.717) is 5.92 Å². The van der Waals surface area contributed by atoms with Crippen LogP contribution >= 0.6 is 0 Å². The summed E-state index contributed by atoms with van der Waals surface area (Å²) < 4.78 is 0. The van der Waals surface area contributed by atoms with Crippen molar-refractivity contribution in [2.24, 2.45) is 5.92 Å². The zero-order chi connectivity index (χ0) is 9.84. The molecule has 0 nitrogen and oxygen atoms in total. The van der Waals surface area contributed by atoms with Crippen LogP contribution in [0.4, 0.5) is 0 Å². The summed E-state index contributed by atoms with van der Waals surface area (Å²) in [5.74, 6) is 3.09. The second-order valence-corrected chi connectivity index (χ2v) is 3.63. The van der Waals surface area contributed by atoms with Crippen LogP contribution < -0.4 is 0 Å². The molecular weight excluding hydrogens is 156 g/mol. The molecule has 1 aromatic carbocycles. The van der Waals surface area contributed by atoms with E-state index in [0.717, 1.165) is 6.42 Å². The molecule has 0 saturated carbocycles. The molecule has 0 amide bonds. The van der Waals surface area contributed by atoms with Crippen molar-refractivity contribution in [3.63, 3.8) is 0 Å². The van der Waals surface area contributed by atoms with Crippen LogP contribution in [0.15, 0.2) is 18.2 Å². The highest BCUT2D eigenvalue weighted by molar-refractivity contribution is 5.33. The lowest BCUT2D eigenvalue weighted by Crippen LogP contribution is -1.99. The van der Waals surface area contributed by atoms with Crippen LogP contribution in [0.25, 0.3) is 0 Å². The lowest BCUT2D eigenvalue weighted by Gasteiger charge is -2.09. The molecule has 0 N–H and O–H groups in total. The molecule has 0 aliphatic rings. The molecular formula is C13H16. The third-order valence-corrected chi connectivity index (χ3v) is 2.53. The van der Waals surface area contributed by atoms with Gasteiger partial charge in [0.25, 0.3) is 0 Å². The molecule has 0 aliphatic carbocycles. The Morgan fingerprint density at radius 1 is 1.38 bits per heavy atom. The van der Waals surface area contributed by atoms with E-state index in [1.165, 1.54) is 16.7 Å². The summed E-state index contributed by atoms with van der Waals surface area (Å²) >= 11 is 0. The molecule has 0 spiro atoms. The number of aryl methyl sites for hydroxylation is 1. The number of hydrogen-bond acceptors (Lipinski definition) is 0. The zero-order valence-corrected chi connectivity index (χ0v) is 8.59. The van der Waals surface area contributed by atoms with E-state index >= 15 is 0 Å². The lowest BCUT2D eigenvalue weighted by atomic mass is 9.95. The van der Waals surface area contributed by atoms with E-state index < -0.39 is 0 Å². The average Bonchev–Trinajstić information content (AvgIpc) is 2.13. The predicted molar refractivity (Wildman–Crippen MR) is 57.6 cm³/mol. The molecule has 0 bridgehead atoms. The minimum absolute atomic E-state index is 0.334. The van der Waals surface area contributed by atoms with Gasteiger partial charge < -0.3 is 0 Å². The fourth-order valence-corrected chi connectivity index (χ4v) is 1.42. The molecule has 1 rings (SSSR count). The average molecular weight is 172 g/mol. The van der Waals surface area contributed by atoms with Crippen LogP contribution in [-0.4, -0.2) is 0 Å². The topological polar surface area (TPSA) is 0 Å². The molecule has 0 radical (unpaired) electrons. The van der Waals surface area contributed by atoms with Crippen LogP contribution in [0.5, 0.6) is 0 Å². The van der Waals surface area contributed by atoms with E-state index in [-0.39, 0.29) is 0 Å². The highest BCUT2D eigenvalue weighted by Crippen LogP contribution is 2.16. The maximum Gasteiger partial charge on any atom is 0.0212 e. The summed E-state index contributed by atoms with van der Waals surface area (Å²) in [6, 6.07) is 6.40. The second-order valence-electron chi connectivity index (χ2n) is 3.63. The maximum absolute atomic E-state index is 5.36. The Balaban J connectivity index is 2.90. The van der Waals surface area contributed by atoms with E-state index in [2.05, 4.69) is 44.9 Å². The largest absolute Gasteiger partial charge is 0.120 e. The first-order valence-electron chi connectivity index (χ1n) is 4.66. The van der Waals surface area contributed by atoms with Gasteiger partial charge in [0.05, 0.1) is 0 Å². The first-order valence-corrected chi connectivity index (χ1v) is 4.66. The molecule has 1 atom stereocenters. The molecule has 68 valence electrons. The van der Waals surface area contributed by atoms with Gasteiger partial charge in [0.1, 0.15) is 0 Å². The first-order chi connectivity index (χ1) is 6.15. The first kappa shape index (κ1) is 9.86. The fourth-order valence-electron chi connectivity index (χ4n) is 1.42. The molecule has 1 unspecified atom stereocenters. The van der Waals surface area contributed by atoms with Crippen molar-refractivity contribution >= 4 is 0 Å². The second kappa shape index (κ2) is 4.14. The van der Waals surface area contributed by atoms with E-state index in [4.69, 9.17) is 6.42 Å². The third kappa shape index (κ3) is 2.36. The zero-order valence-electron chi connectivity index (χ0n) is 8.59. The number of terminal acetylenes is 1. The Hall–Kier alpha value is -1.22. The molecule has 0 fully saturated rings. The van der Waals surface area contributed by atoms with Gasteiger partial charge in [-0.2, -0.15) is 0 Å². The van der Waals surface area contributed by atoms with Gasteiger partial charge in [-0.15, -0.1) is 12.3 Å². The Labute approximate surface area is 81.0 Å². The monoisotopic (exact) mass is 172 g/mol. The summed E-state index contributed by atoms with van der Waals surface area (Å²) in [7, 11) is 0. The Morgan fingerprint density at radius 3 is 2.69 bits per heavy atom. The predicted octanol–water partition coefficient (Wildman–Crippen LogP) is 3.12. The quantitative estimate of drug-likeness (QED) is 0.601. The Morgan fingerprint density at radius 2 is 2.08 bits per heavy atom.